The molecule has 2 unspecified atom stereocenters. The van der Waals surface area contributed by atoms with Crippen LogP contribution in [0.15, 0.2) is 42.5 Å². The first-order valence-electron chi connectivity index (χ1n) is 13.5. The van der Waals surface area contributed by atoms with E-state index in [4.69, 9.17) is 4.74 Å². The molecule has 1 saturated carbocycles. The maximum absolute atomic E-state index is 14.1. The van der Waals surface area contributed by atoms with Crippen molar-refractivity contribution < 1.29 is 14.3 Å². The average molecular weight is 488 g/mol. The molecule has 0 radical (unpaired) electrons. The Bertz CT molecular complexity index is 1190. The van der Waals surface area contributed by atoms with Crippen molar-refractivity contribution in [3.63, 3.8) is 0 Å². The molecule has 3 fully saturated rings. The lowest BCUT2D eigenvalue weighted by molar-refractivity contribution is -0.138. The third-order valence-corrected chi connectivity index (χ3v) is 9.32. The molecule has 1 spiro atoms. The van der Waals surface area contributed by atoms with Crippen LogP contribution < -0.4 is 9.64 Å². The summed E-state index contributed by atoms with van der Waals surface area (Å²) in [6.45, 7) is 8.23. The summed E-state index contributed by atoms with van der Waals surface area (Å²) < 4.78 is 5.39. The highest BCUT2D eigenvalue weighted by molar-refractivity contribution is 5.86. The molecule has 4 atom stereocenters. The molecule has 4 aliphatic rings. The van der Waals surface area contributed by atoms with E-state index in [1.165, 1.54) is 16.7 Å². The summed E-state index contributed by atoms with van der Waals surface area (Å²) in [6, 6.07) is 14.9. The summed E-state index contributed by atoms with van der Waals surface area (Å²) in [5.74, 6) is 1.55. The zero-order valence-electron chi connectivity index (χ0n) is 21.7. The SMILES string of the molecule is COc1cccc(N2CCN(C(=O)[C@H]3C4CC(=O)N5CCCc6cc(C)ccc6C45C[C@@H]3C)CC2)c1. The van der Waals surface area contributed by atoms with Crippen molar-refractivity contribution in [2.24, 2.45) is 17.8 Å². The van der Waals surface area contributed by atoms with Crippen LogP contribution in [-0.2, 0) is 21.5 Å². The molecular weight excluding hydrogens is 450 g/mol. The van der Waals surface area contributed by atoms with Gasteiger partial charge in [0.1, 0.15) is 5.75 Å². The Kier molecular flexibility index (Phi) is 5.73. The van der Waals surface area contributed by atoms with E-state index in [0.717, 1.165) is 50.3 Å². The number of nitrogens with zero attached hydrogens (tertiary/aromatic N) is 3. The van der Waals surface area contributed by atoms with Gasteiger partial charge in [0.25, 0.3) is 0 Å². The maximum atomic E-state index is 14.1. The fourth-order valence-electron chi connectivity index (χ4n) is 7.77. The van der Waals surface area contributed by atoms with Gasteiger partial charge >= 0.3 is 0 Å². The molecule has 190 valence electrons. The molecule has 2 aromatic carbocycles. The number of rotatable bonds is 3. The number of aryl methyl sites for hydroxylation is 2. The molecule has 1 aliphatic carbocycles. The number of anilines is 1. The molecule has 0 N–H and O–H groups in total. The number of hydrogen-bond donors (Lipinski definition) is 0. The Morgan fingerprint density at radius 1 is 1.06 bits per heavy atom. The van der Waals surface area contributed by atoms with E-state index in [1.807, 2.05) is 12.1 Å². The lowest BCUT2D eigenvalue weighted by Crippen LogP contribution is -2.52. The van der Waals surface area contributed by atoms with Gasteiger partial charge in [-0.3, -0.25) is 9.59 Å². The van der Waals surface area contributed by atoms with E-state index >= 15 is 0 Å². The minimum Gasteiger partial charge on any atom is -0.497 e. The van der Waals surface area contributed by atoms with Gasteiger partial charge in [0.05, 0.1) is 12.6 Å². The lowest BCUT2D eigenvalue weighted by Gasteiger charge is -2.40. The quantitative estimate of drug-likeness (QED) is 0.657. The third-order valence-electron chi connectivity index (χ3n) is 9.32. The van der Waals surface area contributed by atoms with Crippen LogP contribution in [0.3, 0.4) is 0 Å². The standard InChI is InChI=1S/C30H37N3O3/c1-20-9-10-25-22(16-20)6-5-11-33-27(34)18-26-28(21(2)19-30(25,26)33)29(35)32-14-12-31(13-15-32)23-7-4-8-24(17-23)36-3/h4,7-10,16-17,21,26,28H,5-6,11-15,18-19H2,1-3H3/t21-,26?,28+,30?/m0/s1. The van der Waals surface area contributed by atoms with Gasteiger partial charge in [0.15, 0.2) is 0 Å². The van der Waals surface area contributed by atoms with Crippen LogP contribution >= 0.6 is 0 Å². The number of methoxy groups -OCH3 is 1. The molecule has 0 bridgehead atoms. The molecule has 2 amide bonds. The number of amides is 2. The smallest absolute Gasteiger partial charge is 0.226 e. The lowest BCUT2D eigenvalue weighted by atomic mass is 9.76. The van der Waals surface area contributed by atoms with E-state index in [9.17, 15) is 9.59 Å². The van der Waals surface area contributed by atoms with Crippen LogP contribution in [0.1, 0.15) is 42.9 Å². The topological polar surface area (TPSA) is 53.1 Å². The molecule has 0 aromatic heterocycles. The van der Waals surface area contributed by atoms with Crippen molar-refractivity contribution in [2.45, 2.75) is 45.1 Å². The van der Waals surface area contributed by atoms with E-state index in [1.54, 1.807) is 7.11 Å². The first kappa shape index (κ1) is 23.4. The molecule has 6 rings (SSSR count). The van der Waals surface area contributed by atoms with Crippen LogP contribution in [0.2, 0.25) is 0 Å². The minimum atomic E-state index is -0.321. The Morgan fingerprint density at radius 3 is 2.64 bits per heavy atom. The van der Waals surface area contributed by atoms with Gasteiger partial charge in [0, 0.05) is 62.7 Å². The Balaban J connectivity index is 1.26. The van der Waals surface area contributed by atoms with Crippen LogP contribution in [0.25, 0.3) is 0 Å². The maximum Gasteiger partial charge on any atom is 0.226 e. The predicted molar refractivity (Wildman–Crippen MR) is 140 cm³/mol. The number of carbonyl (C=O) groups is 2. The Labute approximate surface area is 214 Å². The number of ether oxygens (including phenoxy) is 1. The largest absolute Gasteiger partial charge is 0.497 e. The summed E-state index contributed by atoms with van der Waals surface area (Å²) in [5.41, 5.74) is 4.78. The molecular formula is C30H37N3O3. The number of fused-ring (bicyclic) bond motifs is 1. The molecule has 6 heteroatoms. The van der Waals surface area contributed by atoms with Gasteiger partial charge in [-0.2, -0.15) is 0 Å². The van der Waals surface area contributed by atoms with Crippen molar-refractivity contribution in [3.8, 4) is 5.75 Å². The first-order chi connectivity index (χ1) is 17.4. The predicted octanol–water partition coefficient (Wildman–Crippen LogP) is 4.00. The summed E-state index contributed by atoms with van der Waals surface area (Å²) in [6.07, 6.45) is 3.39. The monoisotopic (exact) mass is 487 g/mol. The van der Waals surface area contributed by atoms with Crippen molar-refractivity contribution in [2.75, 3.05) is 44.7 Å². The second-order valence-corrected chi connectivity index (χ2v) is 11.3. The highest BCUT2D eigenvalue weighted by Gasteiger charge is 2.64. The van der Waals surface area contributed by atoms with E-state index in [0.29, 0.717) is 19.5 Å². The summed E-state index contributed by atoms with van der Waals surface area (Å²) >= 11 is 0. The van der Waals surface area contributed by atoms with Crippen LogP contribution in [0.4, 0.5) is 5.69 Å². The van der Waals surface area contributed by atoms with Crippen molar-refractivity contribution in [1.82, 2.24) is 9.80 Å². The third kappa shape index (κ3) is 3.52. The van der Waals surface area contributed by atoms with Gasteiger partial charge in [-0.25, -0.2) is 0 Å². The molecule has 6 nitrogen and oxygen atoms in total. The number of benzene rings is 2. The van der Waals surface area contributed by atoms with E-state index in [-0.39, 0.29) is 35.1 Å². The highest BCUT2D eigenvalue weighted by atomic mass is 16.5. The van der Waals surface area contributed by atoms with Crippen LogP contribution in [0, 0.1) is 24.7 Å². The molecule has 3 heterocycles. The zero-order valence-corrected chi connectivity index (χ0v) is 21.7. The fourth-order valence-corrected chi connectivity index (χ4v) is 7.77. The molecule has 2 aromatic rings. The van der Waals surface area contributed by atoms with Gasteiger partial charge in [-0.15, -0.1) is 0 Å². The van der Waals surface area contributed by atoms with E-state index in [2.05, 4.69) is 58.9 Å². The average Bonchev–Trinajstić information content (AvgIpc) is 3.24. The van der Waals surface area contributed by atoms with Crippen molar-refractivity contribution in [1.29, 1.82) is 0 Å². The summed E-state index contributed by atoms with van der Waals surface area (Å²) in [5, 5.41) is 0. The van der Waals surface area contributed by atoms with E-state index < -0.39 is 0 Å². The second-order valence-electron chi connectivity index (χ2n) is 11.3. The Hall–Kier alpha value is -3.02. The summed E-state index contributed by atoms with van der Waals surface area (Å²) in [4.78, 5) is 34.0. The highest BCUT2D eigenvalue weighted by Crippen LogP contribution is 2.60. The normalized spacial score (nSPS) is 29.5. The van der Waals surface area contributed by atoms with Gasteiger partial charge < -0.3 is 19.4 Å². The molecule has 2 saturated heterocycles. The fraction of sp³-hybridized carbons (Fsp3) is 0.533. The minimum absolute atomic E-state index is 0.0588. The second kappa shape index (κ2) is 8.82. The zero-order chi connectivity index (χ0) is 25.0. The van der Waals surface area contributed by atoms with Gasteiger partial charge in [-0.05, 0) is 55.4 Å². The number of piperazine rings is 1. The van der Waals surface area contributed by atoms with Crippen molar-refractivity contribution in [3.05, 3.63) is 59.2 Å². The van der Waals surface area contributed by atoms with Gasteiger partial charge in [0.2, 0.25) is 11.8 Å². The number of carbonyl (C=O) groups excluding carboxylic acids is 2. The first-order valence-corrected chi connectivity index (χ1v) is 13.5. The molecule has 36 heavy (non-hydrogen) atoms. The van der Waals surface area contributed by atoms with Crippen molar-refractivity contribution >= 4 is 17.5 Å². The number of hydrogen-bond acceptors (Lipinski definition) is 4. The Morgan fingerprint density at radius 2 is 1.86 bits per heavy atom. The molecule has 3 aliphatic heterocycles. The van der Waals surface area contributed by atoms with Crippen LogP contribution in [-0.4, -0.2) is 61.4 Å². The summed E-state index contributed by atoms with van der Waals surface area (Å²) in [7, 11) is 1.69. The van der Waals surface area contributed by atoms with Crippen LogP contribution in [0.5, 0.6) is 5.75 Å². The van der Waals surface area contributed by atoms with Gasteiger partial charge in [-0.1, -0.05) is 36.8 Å².